The molecule has 0 aliphatic carbocycles. The molecule has 1 fully saturated rings. The van der Waals surface area contributed by atoms with E-state index < -0.39 is 0 Å². The van der Waals surface area contributed by atoms with Gasteiger partial charge in [-0.25, -0.2) is 4.98 Å². The standard InChI is InChI=1S/C12H15ClN4S/c13-11-10(9-14)1-2-15-12(11)16-3-4-17-5-7-18-8-6-17/h1-2H,3-8H2,(H,15,16). The van der Waals surface area contributed by atoms with Gasteiger partial charge in [0.2, 0.25) is 0 Å². The second-order valence-electron chi connectivity index (χ2n) is 4.01. The number of rotatable bonds is 4. The molecule has 0 amide bonds. The van der Waals surface area contributed by atoms with Gasteiger partial charge in [0.05, 0.1) is 5.56 Å². The molecule has 2 heterocycles. The Morgan fingerprint density at radius 1 is 1.50 bits per heavy atom. The summed E-state index contributed by atoms with van der Waals surface area (Å²) in [5.74, 6) is 3.02. The Morgan fingerprint density at radius 3 is 3.00 bits per heavy atom. The van der Waals surface area contributed by atoms with Crippen molar-refractivity contribution in [3.63, 3.8) is 0 Å². The van der Waals surface area contributed by atoms with Crippen molar-refractivity contribution >= 4 is 29.2 Å². The molecule has 0 bridgehead atoms. The number of nitrogens with one attached hydrogen (secondary N) is 1. The van der Waals surface area contributed by atoms with E-state index in [0.29, 0.717) is 16.4 Å². The van der Waals surface area contributed by atoms with Crippen LogP contribution < -0.4 is 5.32 Å². The highest BCUT2D eigenvalue weighted by molar-refractivity contribution is 7.99. The molecule has 0 atom stereocenters. The van der Waals surface area contributed by atoms with E-state index in [9.17, 15) is 0 Å². The van der Waals surface area contributed by atoms with Crippen molar-refractivity contribution in [1.82, 2.24) is 9.88 Å². The van der Waals surface area contributed by atoms with Crippen LogP contribution in [0.3, 0.4) is 0 Å². The van der Waals surface area contributed by atoms with Crippen molar-refractivity contribution < 1.29 is 0 Å². The summed E-state index contributed by atoms with van der Waals surface area (Å²) in [6, 6.07) is 3.67. The maximum absolute atomic E-state index is 8.87. The lowest BCUT2D eigenvalue weighted by molar-refractivity contribution is 0.314. The number of pyridine rings is 1. The van der Waals surface area contributed by atoms with Gasteiger partial charge in [0.25, 0.3) is 0 Å². The maximum Gasteiger partial charge on any atom is 0.146 e. The van der Waals surface area contributed by atoms with Crippen molar-refractivity contribution in [1.29, 1.82) is 5.26 Å². The fourth-order valence-corrected chi connectivity index (χ4v) is 3.01. The minimum absolute atomic E-state index is 0.411. The lowest BCUT2D eigenvalue weighted by atomic mass is 10.3. The summed E-state index contributed by atoms with van der Waals surface area (Å²) in [7, 11) is 0. The molecule has 2 rings (SSSR count). The van der Waals surface area contributed by atoms with E-state index in [-0.39, 0.29) is 0 Å². The van der Waals surface area contributed by atoms with Crippen LogP contribution in [0.15, 0.2) is 12.3 Å². The second-order valence-corrected chi connectivity index (χ2v) is 5.62. The van der Waals surface area contributed by atoms with Crippen molar-refractivity contribution in [3.05, 3.63) is 22.8 Å². The van der Waals surface area contributed by atoms with Crippen molar-refractivity contribution in [2.24, 2.45) is 0 Å². The molecular weight excluding hydrogens is 268 g/mol. The zero-order valence-corrected chi connectivity index (χ0v) is 11.6. The van der Waals surface area contributed by atoms with Crippen LogP contribution in [0.4, 0.5) is 5.82 Å². The zero-order chi connectivity index (χ0) is 12.8. The van der Waals surface area contributed by atoms with Gasteiger partial charge >= 0.3 is 0 Å². The summed E-state index contributed by atoms with van der Waals surface area (Å²) < 4.78 is 0. The quantitative estimate of drug-likeness (QED) is 0.916. The Labute approximate surface area is 116 Å². The highest BCUT2D eigenvalue weighted by Gasteiger charge is 2.10. The van der Waals surface area contributed by atoms with Crippen LogP contribution in [-0.4, -0.2) is 47.6 Å². The average Bonchev–Trinajstić information content (AvgIpc) is 2.42. The van der Waals surface area contributed by atoms with E-state index >= 15 is 0 Å². The molecule has 0 saturated carbocycles. The first-order chi connectivity index (χ1) is 8.81. The largest absolute Gasteiger partial charge is 0.368 e. The predicted molar refractivity (Wildman–Crippen MR) is 76.2 cm³/mol. The number of anilines is 1. The number of hydrogen-bond donors (Lipinski definition) is 1. The highest BCUT2D eigenvalue weighted by atomic mass is 35.5. The first-order valence-corrected chi connectivity index (χ1v) is 7.43. The van der Waals surface area contributed by atoms with Crippen LogP contribution >= 0.6 is 23.4 Å². The number of aromatic nitrogens is 1. The van der Waals surface area contributed by atoms with Crippen molar-refractivity contribution in [3.8, 4) is 6.07 Å². The Morgan fingerprint density at radius 2 is 2.28 bits per heavy atom. The van der Waals surface area contributed by atoms with Crippen LogP contribution in [0, 0.1) is 11.3 Å². The molecule has 0 radical (unpaired) electrons. The third-order valence-electron chi connectivity index (χ3n) is 2.83. The molecular formula is C12H15ClN4S. The first-order valence-electron chi connectivity index (χ1n) is 5.90. The number of nitrogens with zero attached hydrogens (tertiary/aromatic N) is 3. The minimum Gasteiger partial charge on any atom is -0.368 e. The van der Waals surface area contributed by atoms with Gasteiger partial charge in [-0.2, -0.15) is 17.0 Å². The molecule has 1 saturated heterocycles. The molecule has 96 valence electrons. The van der Waals surface area contributed by atoms with Crippen LogP contribution in [-0.2, 0) is 0 Å². The summed E-state index contributed by atoms with van der Waals surface area (Å²) in [6.45, 7) is 4.07. The van der Waals surface area contributed by atoms with Gasteiger partial charge in [-0.1, -0.05) is 11.6 Å². The highest BCUT2D eigenvalue weighted by Crippen LogP contribution is 2.22. The van der Waals surface area contributed by atoms with Crippen LogP contribution in [0.25, 0.3) is 0 Å². The molecule has 4 nitrogen and oxygen atoms in total. The molecule has 1 aromatic rings. The van der Waals surface area contributed by atoms with E-state index in [1.54, 1.807) is 12.3 Å². The fraction of sp³-hybridized carbons (Fsp3) is 0.500. The SMILES string of the molecule is N#Cc1ccnc(NCCN2CCSCC2)c1Cl. The predicted octanol–water partition coefficient (Wildman–Crippen LogP) is 2.07. The smallest absolute Gasteiger partial charge is 0.146 e. The van der Waals surface area contributed by atoms with Crippen LogP contribution in [0.2, 0.25) is 5.02 Å². The Hall–Kier alpha value is -0.960. The molecule has 1 aliphatic rings. The zero-order valence-electron chi connectivity index (χ0n) is 10.0. The number of hydrogen-bond acceptors (Lipinski definition) is 5. The summed E-state index contributed by atoms with van der Waals surface area (Å²) in [5, 5.41) is 12.5. The fourth-order valence-electron chi connectivity index (χ4n) is 1.81. The molecule has 1 aliphatic heterocycles. The first kappa shape index (κ1) is 13.5. The molecule has 1 N–H and O–H groups in total. The van der Waals surface area contributed by atoms with Gasteiger partial charge in [0.15, 0.2) is 0 Å². The van der Waals surface area contributed by atoms with E-state index in [2.05, 4.69) is 21.3 Å². The molecule has 1 aromatic heterocycles. The normalized spacial score (nSPS) is 16.2. The Kier molecular flexibility index (Phi) is 5.12. The average molecular weight is 283 g/mol. The number of nitriles is 1. The molecule has 18 heavy (non-hydrogen) atoms. The Bertz CT molecular complexity index is 440. The third kappa shape index (κ3) is 3.52. The van der Waals surface area contributed by atoms with Gasteiger partial charge in [0.1, 0.15) is 16.9 Å². The summed E-state index contributed by atoms with van der Waals surface area (Å²) in [6.07, 6.45) is 1.60. The molecule has 0 spiro atoms. The van der Waals surface area contributed by atoms with Crippen LogP contribution in [0.1, 0.15) is 5.56 Å². The molecule has 0 unspecified atom stereocenters. The van der Waals surface area contributed by atoms with E-state index in [0.717, 1.165) is 26.2 Å². The van der Waals surface area contributed by atoms with E-state index in [4.69, 9.17) is 16.9 Å². The van der Waals surface area contributed by atoms with Gasteiger partial charge in [-0.15, -0.1) is 0 Å². The molecule has 6 heteroatoms. The topological polar surface area (TPSA) is 52.0 Å². The lowest BCUT2D eigenvalue weighted by Crippen LogP contribution is -2.36. The summed E-state index contributed by atoms with van der Waals surface area (Å²) in [4.78, 5) is 6.57. The minimum atomic E-state index is 0.411. The van der Waals surface area contributed by atoms with Crippen molar-refractivity contribution in [2.45, 2.75) is 0 Å². The summed E-state index contributed by atoms with van der Waals surface area (Å²) in [5.41, 5.74) is 0.462. The third-order valence-corrected chi connectivity index (χ3v) is 4.16. The molecule has 0 aromatic carbocycles. The second kappa shape index (κ2) is 6.83. The van der Waals surface area contributed by atoms with Crippen LogP contribution in [0.5, 0.6) is 0 Å². The van der Waals surface area contributed by atoms with Gasteiger partial charge < -0.3 is 5.32 Å². The van der Waals surface area contributed by atoms with E-state index in [1.165, 1.54) is 11.5 Å². The number of halogens is 1. The van der Waals surface area contributed by atoms with Gasteiger partial charge in [-0.3, -0.25) is 4.90 Å². The van der Waals surface area contributed by atoms with E-state index in [1.807, 2.05) is 11.8 Å². The number of thioether (sulfide) groups is 1. The summed E-state index contributed by atoms with van der Waals surface area (Å²) >= 11 is 8.07. The maximum atomic E-state index is 8.87. The lowest BCUT2D eigenvalue weighted by Gasteiger charge is -2.26. The van der Waals surface area contributed by atoms with Gasteiger partial charge in [-0.05, 0) is 6.07 Å². The monoisotopic (exact) mass is 282 g/mol. The Balaban J connectivity index is 1.84. The van der Waals surface area contributed by atoms with Crippen molar-refractivity contribution in [2.75, 3.05) is 43.0 Å². The van der Waals surface area contributed by atoms with Gasteiger partial charge in [0, 0.05) is 43.9 Å².